The number of carbonyl (C=O) groups is 2. The Morgan fingerprint density at radius 2 is 1.88 bits per heavy atom. The minimum Gasteiger partial charge on any atom is -0.609 e. The minimum atomic E-state index is -4.55. The number of pyridine rings is 1. The van der Waals surface area contributed by atoms with Gasteiger partial charge in [0.05, 0.1) is 34.6 Å². The molecule has 0 bridgehead atoms. The van der Waals surface area contributed by atoms with Crippen molar-refractivity contribution in [2.45, 2.75) is 30.9 Å². The molecule has 1 unspecified atom stereocenters. The lowest BCUT2D eigenvalue weighted by Gasteiger charge is -2.22. The number of hydrogen-bond acceptors (Lipinski definition) is 7. The van der Waals surface area contributed by atoms with E-state index < -0.39 is 41.8 Å². The molecule has 216 valence electrons. The number of amides is 1. The fraction of sp³-hybridized carbons (Fsp3) is 0.259. The summed E-state index contributed by atoms with van der Waals surface area (Å²) in [7, 11) is 1.31. The highest BCUT2D eigenvalue weighted by molar-refractivity contribution is 7.90. The number of hydrogen-bond donors (Lipinski definition) is 0. The molecule has 0 spiro atoms. The second-order valence-corrected chi connectivity index (χ2v) is 10.1. The maximum Gasteiger partial charge on any atom is 0.422 e. The summed E-state index contributed by atoms with van der Waals surface area (Å²) in [6.07, 6.45) is -3.32. The van der Waals surface area contributed by atoms with Gasteiger partial charge >= 0.3 is 23.3 Å². The van der Waals surface area contributed by atoms with Crippen molar-refractivity contribution >= 4 is 39.9 Å². The fourth-order valence-corrected chi connectivity index (χ4v) is 5.22. The molecule has 0 N–H and O–H groups in total. The van der Waals surface area contributed by atoms with Crippen molar-refractivity contribution in [2.24, 2.45) is 0 Å². The highest BCUT2D eigenvalue weighted by atomic mass is 32.2. The molecule has 14 heteroatoms. The lowest BCUT2D eigenvalue weighted by Crippen LogP contribution is -2.34. The van der Waals surface area contributed by atoms with Gasteiger partial charge in [-0.2, -0.15) is 18.2 Å². The zero-order valence-corrected chi connectivity index (χ0v) is 22.9. The largest absolute Gasteiger partial charge is 0.609 e. The number of rotatable bonds is 8. The van der Waals surface area contributed by atoms with Gasteiger partial charge in [0.2, 0.25) is 0 Å². The van der Waals surface area contributed by atoms with E-state index in [0.717, 1.165) is 21.6 Å². The third kappa shape index (κ3) is 6.60. The van der Waals surface area contributed by atoms with Gasteiger partial charge in [-0.1, -0.05) is 12.1 Å². The first kappa shape index (κ1) is 29.8. The summed E-state index contributed by atoms with van der Waals surface area (Å²) in [4.78, 5) is 35.9. The zero-order chi connectivity index (χ0) is 29.9. The molecule has 4 aromatic rings. The van der Waals surface area contributed by atoms with Crippen molar-refractivity contribution in [1.29, 1.82) is 0 Å². The number of alkyl halides is 3. The topological polar surface area (TPSA) is 110 Å². The molecule has 2 heterocycles. The molecule has 0 radical (unpaired) electrons. The first-order valence-corrected chi connectivity index (χ1v) is 13.5. The Morgan fingerprint density at radius 3 is 2.59 bits per heavy atom. The van der Waals surface area contributed by atoms with E-state index >= 15 is 0 Å². The Bertz CT molecular complexity index is 1590. The van der Waals surface area contributed by atoms with Crippen LogP contribution in [0.15, 0.2) is 59.9 Å². The van der Waals surface area contributed by atoms with Gasteiger partial charge in [0, 0.05) is 30.0 Å². The molecular weight excluding hydrogens is 568 g/mol. The van der Waals surface area contributed by atoms with Crippen molar-refractivity contribution in [1.82, 2.24) is 14.5 Å². The first-order valence-electron chi connectivity index (χ1n) is 12.2. The van der Waals surface area contributed by atoms with Crippen molar-refractivity contribution in [3.05, 3.63) is 77.4 Å². The summed E-state index contributed by atoms with van der Waals surface area (Å²) in [5, 5.41) is -0.181. The summed E-state index contributed by atoms with van der Waals surface area (Å²) in [5.74, 6) is -1.85. The lowest BCUT2D eigenvalue weighted by molar-refractivity contribution is -0.153. The average Bonchev–Trinajstić information content (AvgIpc) is 3.32. The molecule has 1 amide bonds. The fourth-order valence-electron chi connectivity index (χ4n) is 3.97. The number of aromatic nitrogens is 3. The van der Waals surface area contributed by atoms with E-state index in [4.69, 9.17) is 9.47 Å². The van der Waals surface area contributed by atoms with Crippen molar-refractivity contribution in [2.75, 3.05) is 25.2 Å². The van der Waals surface area contributed by atoms with Gasteiger partial charge in [-0.25, -0.2) is 18.5 Å². The molecule has 41 heavy (non-hydrogen) atoms. The van der Waals surface area contributed by atoms with Crippen LogP contribution >= 0.6 is 0 Å². The molecule has 0 saturated carbocycles. The smallest absolute Gasteiger partial charge is 0.422 e. The number of halogens is 4. The molecule has 2 aromatic carbocycles. The van der Waals surface area contributed by atoms with E-state index in [-0.39, 0.29) is 51.3 Å². The zero-order valence-electron chi connectivity index (χ0n) is 22.1. The predicted octanol–water partition coefficient (Wildman–Crippen LogP) is 5.41. The SMILES string of the molecule is CCOC(=O)c1ccc(F)cc1N(C)C(=O)n1c([S+]([O-])Cc2nccc(OCC(F)(F)F)c2C)nc2ccccc21. The van der Waals surface area contributed by atoms with Crippen LogP contribution in [-0.2, 0) is 21.7 Å². The molecule has 9 nitrogen and oxygen atoms in total. The van der Waals surface area contributed by atoms with E-state index in [0.29, 0.717) is 5.52 Å². The van der Waals surface area contributed by atoms with Crippen LogP contribution in [0.1, 0.15) is 28.5 Å². The van der Waals surface area contributed by atoms with Crippen LogP contribution in [0.5, 0.6) is 5.75 Å². The maximum absolute atomic E-state index is 14.2. The Labute approximate surface area is 234 Å². The normalized spacial score (nSPS) is 12.3. The second-order valence-electron chi connectivity index (χ2n) is 8.72. The van der Waals surface area contributed by atoms with Crippen molar-refractivity contribution in [3.8, 4) is 5.75 Å². The molecule has 1 atom stereocenters. The number of imidazole rings is 1. The number of fused-ring (bicyclic) bond motifs is 1. The van der Waals surface area contributed by atoms with Gasteiger partial charge < -0.3 is 14.0 Å². The molecule has 0 aliphatic heterocycles. The van der Waals surface area contributed by atoms with Crippen molar-refractivity contribution < 1.29 is 41.2 Å². The number of esters is 1. The van der Waals surface area contributed by atoms with Gasteiger partial charge in [-0.3, -0.25) is 9.88 Å². The number of ether oxygens (including phenoxy) is 2. The van der Waals surface area contributed by atoms with Crippen LogP contribution in [0.2, 0.25) is 0 Å². The Kier molecular flexibility index (Phi) is 8.83. The first-order chi connectivity index (χ1) is 19.4. The van der Waals surface area contributed by atoms with Gasteiger partial charge in [0.25, 0.3) is 0 Å². The number of carbonyl (C=O) groups excluding carboxylic acids is 2. The third-order valence-corrected chi connectivity index (χ3v) is 7.16. The van der Waals surface area contributed by atoms with Crippen LogP contribution in [0.25, 0.3) is 11.0 Å². The predicted molar refractivity (Wildman–Crippen MR) is 142 cm³/mol. The van der Waals surface area contributed by atoms with Crippen LogP contribution in [0, 0.1) is 12.7 Å². The highest BCUT2D eigenvalue weighted by Crippen LogP contribution is 2.29. The molecule has 0 fully saturated rings. The molecule has 0 aliphatic carbocycles. The van der Waals surface area contributed by atoms with Gasteiger partial charge in [-0.15, -0.1) is 0 Å². The lowest BCUT2D eigenvalue weighted by atomic mass is 10.1. The average molecular weight is 593 g/mol. The third-order valence-electron chi connectivity index (χ3n) is 5.95. The summed E-state index contributed by atoms with van der Waals surface area (Å²) in [5.41, 5.74) is 0.886. The van der Waals surface area contributed by atoms with Crippen LogP contribution in [0.3, 0.4) is 0 Å². The van der Waals surface area contributed by atoms with Crippen LogP contribution < -0.4 is 9.64 Å². The van der Waals surface area contributed by atoms with E-state index in [1.807, 2.05) is 0 Å². The Balaban J connectivity index is 1.72. The van der Waals surface area contributed by atoms with Gasteiger partial charge in [0.1, 0.15) is 11.6 Å². The van der Waals surface area contributed by atoms with E-state index in [2.05, 4.69) is 9.97 Å². The van der Waals surface area contributed by atoms with Crippen LogP contribution in [0.4, 0.5) is 28.0 Å². The summed E-state index contributed by atoms with van der Waals surface area (Å²) in [6.45, 7) is 1.63. The summed E-state index contributed by atoms with van der Waals surface area (Å²) < 4.78 is 76.8. The second kappa shape index (κ2) is 12.1. The van der Waals surface area contributed by atoms with E-state index in [9.17, 15) is 31.7 Å². The van der Waals surface area contributed by atoms with Gasteiger partial charge in [-0.05, 0) is 50.2 Å². The highest BCUT2D eigenvalue weighted by Gasteiger charge is 2.32. The number of para-hydroxylation sites is 2. The van der Waals surface area contributed by atoms with Crippen molar-refractivity contribution in [3.63, 3.8) is 0 Å². The molecule has 0 aliphatic rings. The Morgan fingerprint density at radius 1 is 1.15 bits per heavy atom. The Hall–Kier alpha value is -4.17. The quantitative estimate of drug-likeness (QED) is 0.153. The number of anilines is 1. The van der Waals surface area contributed by atoms with Gasteiger partial charge in [0.15, 0.2) is 12.4 Å². The summed E-state index contributed by atoms with van der Waals surface area (Å²) in [6, 6.07) is 10.2. The molecule has 4 rings (SSSR count). The maximum atomic E-state index is 14.2. The monoisotopic (exact) mass is 592 g/mol. The summed E-state index contributed by atoms with van der Waals surface area (Å²) >= 11 is -2.03. The minimum absolute atomic E-state index is 0.0541. The molecular formula is C27H24F4N4O5S. The molecule has 2 aromatic heterocycles. The molecule has 0 saturated heterocycles. The number of nitrogens with zero attached hydrogens (tertiary/aromatic N) is 4. The van der Waals surface area contributed by atoms with Crippen LogP contribution in [-0.4, -0.2) is 57.5 Å². The van der Waals surface area contributed by atoms with E-state index in [1.165, 1.54) is 32.3 Å². The standard InChI is InChI=1S/C27H24F4N4O5S/c1-4-39-24(36)18-10-9-17(28)13-22(18)34(3)26(37)35-21-8-6-5-7-19(21)33-25(35)41(38)14-20-16(2)23(11-12-32-20)40-15-27(29,30)31/h5-13H,4,14-15H2,1-3H3. The number of benzene rings is 2. The van der Waals surface area contributed by atoms with E-state index in [1.54, 1.807) is 31.2 Å².